The molecule has 1 unspecified atom stereocenters. The first-order valence-electron chi connectivity index (χ1n) is 9.36. The topological polar surface area (TPSA) is 81.1 Å². The summed E-state index contributed by atoms with van der Waals surface area (Å²) in [5, 5.41) is 7.29. The third-order valence-electron chi connectivity index (χ3n) is 4.71. The first-order chi connectivity index (χ1) is 12.7. The SMILES string of the molecule is Cc1cc(NC(=O)Cc2ccc(CC(C)C)cc2)n(C2CCS(=O)(=O)C2)n1. The second-order valence-electron chi connectivity index (χ2n) is 7.81. The molecule has 1 atom stereocenters. The van der Waals surface area contributed by atoms with Crippen molar-refractivity contribution in [2.45, 2.75) is 46.1 Å². The average Bonchev–Trinajstić information content (AvgIpc) is 3.10. The molecule has 0 spiro atoms. The van der Waals surface area contributed by atoms with E-state index in [1.165, 1.54) is 5.56 Å². The third kappa shape index (κ3) is 5.19. The molecule has 1 aromatic carbocycles. The number of carbonyl (C=O) groups excluding carboxylic acids is 1. The molecule has 1 aliphatic heterocycles. The van der Waals surface area contributed by atoms with Crippen molar-refractivity contribution in [2.24, 2.45) is 5.92 Å². The summed E-state index contributed by atoms with van der Waals surface area (Å²) in [6.07, 6.45) is 1.83. The van der Waals surface area contributed by atoms with Crippen LogP contribution in [-0.4, -0.2) is 35.6 Å². The van der Waals surface area contributed by atoms with Crippen LogP contribution < -0.4 is 5.32 Å². The number of hydrogen-bond acceptors (Lipinski definition) is 4. The van der Waals surface area contributed by atoms with Crippen molar-refractivity contribution in [1.82, 2.24) is 9.78 Å². The van der Waals surface area contributed by atoms with Crippen LogP contribution in [0.1, 0.15) is 43.1 Å². The van der Waals surface area contributed by atoms with Crippen LogP contribution in [0.3, 0.4) is 0 Å². The molecule has 0 bridgehead atoms. The number of aromatic nitrogens is 2. The highest BCUT2D eigenvalue weighted by Crippen LogP contribution is 2.27. The first-order valence-corrected chi connectivity index (χ1v) is 11.2. The lowest BCUT2D eigenvalue weighted by Gasteiger charge is -2.14. The zero-order valence-electron chi connectivity index (χ0n) is 16.1. The highest BCUT2D eigenvalue weighted by atomic mass is 32.2. The molecule has 1 aromatic heterocycles. The minimum atomic E-state index is -3.01. The summed E-state index contributed by atoms with van der Waals surface area (Å²) in [6, 6.07) is 9.69. The van der Waals surface area contributed by atoms with Gasteiger partial charge in [0, 0.05) is 6.07 Å². The molecule has 1 N–H and O–H groups in total. The largest absolute Gasteiger partial charge is 0.311 e. The van der Waals surface area contributed by atoms with E-state index in [2.05, 4.69) is 36.4 Å². The van der Waals surface area contributed by atoms with Crippen molar-refractivity contribution in [1.29, 1.82) is 0 Å². The Labute approximate surface area is 160 Å². The Morgan fingerprint density at radius 3 is 2.52 bits per heavy atom. The second-order valence-corrected chi connectivity index (χ2v) is 10.0. The number of carbonyl (C=O) groups is 1. The van der Waals surface area contributed by atoms with Gasteiger partial charge in [-0.2, -0.15) is 5.10 Å². The molecule has 1 amide bonds. The van der Waals surface area contributed by atoms with Gasteiger partial charge in [-0.25, -0.2) is 13.1 Å². The molecule has 3 rings (SSSR count). The Balaban J connectivity index is 1.66. The summed E-state index contributed by atoms with van der Waals surface area (Å²) in [7, 11) is -3.01. The lowest BCUT2D eigenvalue weighted by atomic mass is 10.0. The van der Waals surface area contributed by atoms with Crippen LogP contribution in [-0.2, 0) is 27.5 Å². The second kappa shape index (κ2) is 7.84. The highest BCUT2D eigenvalue weighted by Gasteiger charge is 2.31. The Morgan fingerprint density at radius 1 is 1.26 bits per heavy atom. The smallest absolute Gasteiger partial charge is 0.229 e. The van der Waals surface area contributed by atoms with Crippen LogP contribution in [0.25, 0.3) is 0 Å². The molecule has 7 heteroatoms. The highest BCUT2D eigenvalue weighted by molar-refractivity contribution is 7.91. The molecule has 146 valence electrons. The molecule has 6 nitrogen and oxygen atoms in total. The fourth-order valence-corrected chi connectivity index (χ4v) is 5.19. The number of nitrogens with zero attached hydrogens (tertiary/aromatic N) is 2. The van der Waals surface area contributed by atoms with Crippen LogP contribution >= 0.6 is 0 Å². The monoisotopic (exact) mass is 389 g/mol. The van der Waals surface area contributed by atoms with Gasteiger partial charge in [-0.3, -0.25) is 4.79 Å². The van der Waals surface area contributed by atoms with Gasteiger partial charge in [0.2, 0.25) is 5.91 Å². The van der Waals surface area contributed by atoms with Gasteiger partial charge < -0.3 is 5.32 Å². The molecule has 0 aliphatic carbocycles. The van der Waals surface area contributed by atoms with Gasteiger partial charge >= 0.3 is 0 Å². The lowest BCUT2D eigenvalue weighted by Crippen LogP contribution is -2.20. The van der Waals surface area contributed by atoms with E-state index in [1.54, 1.807) is 10.7 Å². The molecule has 0 radical (unpaired) electrons. The molecule has 1 saturated heterocycles. The van der Waals surface area contributed by atoms with E-state index in [4.69, 9.17) is 0 Å². The van der Waals surface area contributed by atoms with Gasteiger partial charge in [-0.1, -0.05) is 38.1 Å². The van der Waals surface area contributed by atoms with E-state index < -0.39 is 9.84 Å². The summed E-state index contributed by atoms with van der Waals surface area (Å²) < 4.78 is 25.2. The predicted molar refractivity (Wildman–Crippen MR) is 107 cm³/mol. The van der Waals surface area contributed by atoms with Gasteiger partial charge in [0.05, 0.1) is 29.7 Å². The van der Waals surface area contributed by atoms with Crippen LogP contribution in [0.4, 0.5) is 5.82 Å². The van der Waals surface area contributed by atoms with Crippen molar-refractivity contribution in [3.63, 3.8) is 0 Å². The summed E-state index contributed by atoms with van der Waals surface area (Å²) in [5.41, 5.74) is 2.98. The number of sulfone groups is 1. The van der Waals surface area contributed by atoms with Crippen molar-refractivity contribution >= 4 is 21.6 Å². The Kier molecular flexibility index (Phi) is 5.69. The molecule has 27 heavy (non-hydrogen) atoms. The number of aryl methyl sites for hydroxylation is 1. The van der Waals surface area contributed by atoms with E-state index in [0.29, 0.717) is 18.2 Å². The summed E-state index contributed by atoms with van der Waals surface area (Å²) in [5.74, 6) is 1.28. The van der Waals surface area contributed by atoms with Crippen LogP contribution in [0.2, 0.25) is 0 Å². The van der Waals surface area contributed by atoms with Crippen molar-refractivity contribution in [3.05, 3.63) is 47.2 Å². The quantitative estimate of drug-likeness (QED) is 0.824. The van der Waals surface area contributed by atoms with Gasteiger partial charge in [-0.15, -0.1) is 0 Å². The minimum absolute atomic E-state index is 0.0777. The number of nitrogens with one attached hydrogen (secondary N) is 1. The zero-order chi connectivity index (χ0) is 19.6. The Bertz CT molecular complexity index is 914. The minimum Gasteiger partial charge on any atom is -0.311 e. The number of anilines is 1. The van der Waals surface area contributed by atoms with Gasteiger partial charge in [0.15, 0.2) is 9.84 Å². The normalized spacial score (nSPS) is 18.7. The standard InChI is InChI=1S/C20H27N3O3S/c1-14(2)10-16-4-6-17(7-5-16)12-20(24)21-19-11-15(3)22-23(19)18-8-9-27(25,26)13-18/h4-7,11,14,18H,8-10,12-13H2,1-3H3,(H,21,24). The first kappa shape index (κ1) is 19.6. The molecule has 2 aromatic rings. The predicted octanol–water partition coefficient (Wildman–Crippen LogP) is 2.93. The lowest BCUT2D eigenvalue weighted by molar-refractivity contribution is -0.115. The molecule has 1 fully saturated rings. The van der Waals surface area contributed by atoms with Crippen molar-refractivity contribution in [3.8, 4) is 0 Å². The maximum Gasteiger partial charge on any atom is 0.229 e. The van der Waals surface area contributed by atoms with Gasteiger partial charge in [-0.05, 0) is 36.8 Å². The third-order valence-corrected chi connectivity index (χ3v) is 6.46. The average molecular weight is 390 g/mol. The van der Waals surface area contributed by atoms with Crippen LogP contribution in [0.15, 0.2) is 30.3 Å². The van der Waals surface area contributed by atoms with E-state index in [-0.39, 0.29) is 29.9 Å². The molecule has 2 heterocycles. The Hall–Kier alpha value is -2.15. The number of amides is 1. The molecule has 1 aliphatic rings. The zero-order valence-corrected chi connectivity index (χ0v) is 16.9. The molecule has 0 saturated carbocycles. The number of hydrogen-bond donors (Lipinski definition) is 1. The van der Waals surface area contributed by atoms with E-state index in [1.807, 2.05) is 19.1 Å². The van der Waals surface area contributed by atoms with E-state index >= 15 is 0 Å². The fraction of sp³-hybridized carbons (Fsp3) is 0.500. The Morgan fingerprint density at radius 2 is 1.93 bits per heavy atom. The van der Waals surface area contributed by atoms with Gasteiger partial charge in [0.25, 0.3) is 0 Å². The number of benzene rings is 1. The maximum atomic E-state index is 12.5. The molecular weight excluding hydrogens is 362 g/mol. The van der Waals surface area contributed by atoms with Crippen molar-refractivity contribution in [2.75, 3.05) is 16.8 Å². The summed E-state index contributed by atoms with van der Waals surface area (Å²) in [4.78, 5) is 12.5. The summed E-state index contributed by atoms with van der Waals surface area (Å²) >= 11 is 0. The van der Waals surface area contributed by atoms with Crippen LogP contribution in [0, 0.1) is 12.8 Å². The van der Waals surface area contributed by atoms with Crippen LogP contribution in [0.5, 0.6) is 0 Å². The van der Waals surface area contributed by atoms with E-state index in [0.717, 1.165) is 17.7 Å². The number of rotatable bonds is 6. The van der Waals surface area contributed by atoms with Crippen molar-refractivity contribution < 1.29 is 13.2 Å². The summed E-state index contributed by atoms with van der Waals surface area (Å²) in [6.45, 7) is 6.20. The van der Waals surface area contributed by atoms with E-state index in [9.17, 15) is 13.2 Å². The fourth-order valence-electron chi connectivity index (χ4n) is 3.49. The van der Waals surface area contributed by atoms with Gasteiger partial charge in [0.1, 0.15) is 5.82 Å². The maximum absolute atomic E-state index is 12.5. The molecular formula is C20H27N3O3S.